The second-order valence-corrected chi connectivity index (χ2v) is 17.6. The molecular formula is C51H52Cl3N. The predicted octanol–water partition coefficient (Wildman–Crippen LogP) is 16.2. The van der Waals surface area contributed by atoms with Gasteiger partial charge in [0.2, 0.25) is 0 Å². The number of hydrogen-bond donors (Lipinski definition) is 0. The van der Waals surface area contributed by atoms with E-state index in [9.17, 15) is 0 Å². The molecule has 55 heavy (non-hydrogen) atoms. The summed E-state index contributed by atoms with van der Waals surface area (Å²) < 4.78 is -0.750. The van der Waals surface area contributed by atoms with Crippen molar-refractivity contribution in [2.75, 3.05) is 0 Å². The molecule has 1 nitrogen and oxygen atoms in total. The fourth-order valence-corrected chi connectivity index (χ4v) is 10.0. The van der Waals surface area contributed by atoms with Crippen molar-refractivity contribution < 1.29 is 0 Å². The number of alkyl halides is 3. The van der Waals surface area contributed by atoms with Crippen molar-refractivity contribution in [2.45, 2.75) is 114 Å². The van der Waals surface area contributed by atoms with E-state index >= 15 is 0 Å². The van der Waals surface area contributed by atoms with Gasteiger partial charge in [0.15, 0.2) is 4.30 Å². The van der Waals surface area contributed by atoms with Gasteiger partial charge < -0.3 is 0 Å². The number of nitriles is 1. The van der Waals surface area contributed by atoms with Gasteiger partial charge in [-0.3, -0.25) is 0 Å². The van der Waals surface area contributed by atoms with Gasteiger partial charge in [-0.1, -0.05) is 161 Å². The van der Waals surface area contributed by atoms with E-state index in [0.717, 1.165) is 0 Å². The first-order chi connectivity index (χ1) is 26.7. The number of nitrogens with zero attached hydrogens (tertiary/aromatic N) is 1. The molecule has 0 fully saturated rings. The molecule has 0 saturated heterocycles. The summed E-state index contributed by atoms with van der Waals surface area (Å²) in [7, 11) is 0. The van der Waals surface area contributed by atoms with Gasteiger partial charge in [0, 0.05) is 30.6 Å². The zero-order valence-electron chi connectivity index (χ0n) is 32.9. The lowest BCUT2D eigenvalue weighted by molar-refractivity contribution is 0.664. The molecule has 0 amide bonds. The maximum atomic E-state index is 7.32. The SMILES string of the molecule is CC#N.CCCC1c2cc3c4cc2C=Cc2cc5c(cc21)C(CCC)c1cc2c(cc1C=C5)C=Cc1cc(c(cc1C2CCC)C3CCC)C=C4.ClC(Cl)Cl. The van der Waals surface area contributed by atoms with E-state index in [1.54, 1.807) is 6.07 Å². The van der Waals surface area contributed by atoms with Gasteiger partial charge in [-0.05, 0) is 139 Å². The summed E-state index contributed by atoms with van der Waals surface area (Å²) in [5.41, 5.74) is 23.4. The van der Waals surface area contributed by atoms with Crippen LogP contribution in [0.25, 0.3) is 48.6 Å². The molecule has 4 heteroatoms. The van der Waals surface area contributed by atoms with E-state index in [1.165, 1.54) is 147 Å². The van der Waals surface area contributed by atoms with E-state index in [1.807, 2.05) is 0 Å². The van der Waals surface area contributed by atoms with Gasteiger partial charge in [-0.2, -0.15) is 5.26 Å². The van der Waals surface area contributed by atoms with Gasteiger partial charge in [0.1, 0.15) is 0 Å². The van der Waals surface area contributed by atoms with Crippen LogP contribution in [0.1, 0.15) is 199 Å². The van der Waals surface area contributed by atoms with E-state index in [-0.39, 0.29) is 0 Å². The molecule has 5 aliphatic carbocycles. The maximum Gasteiger partial charge on any atom is 0.180 e. The third-order valence-corrected chi connectivity index (χ3v) is 12.2. The van der Waals surface area contributed by atoms with Crippen LogP contribution in [0, 0.1) is 11.3 Å². The van der Waals surface area contributed by atoms with Crippen molar-refractivity contribution in [2.24, 2.45) is 0 Å². The lowest BCUT2D eigenvalue weighted by Gasteiger charge is -2.29. The van der Waals surface area contributed by atoms with Crippen LogP contribution in [0.15, 0.2) is 48.5 Å². The highest BCUT2D eigenvalue weighted by Crippen LogP contribution is 2.50. The highest BCUT2D eigenvalue weighted by atomic mass is 35.6. The summed E-state index contributed by atoms with van der Waals surface area (Å²) >= 11 is 14.4. The third kappa shape index (κ3) is 7.56. The summed E-state index contributed by atoms with van der Waals surface area (Å²) in [6.07, 6.45) is 28.8. The molecule has 0 atom stereocenters. The summed E-state index contributed by atoms with van der Waals surface area (Å²) in [5.74, 6) is 1.55. The molecule has 0 unspecified atom stereocenters. The minimum atomic E-state index is -0.750. The van der Waals surface area contributed by atoms with E-state index in [4.69, 9.17) is 40.1 Å². The highest BCUT2D eigenvalue weighted by Gasteiger charge is 2.33. The van der Waals surface area contributed by atoms with Crippen LogP contribution < -0.4 is 0 Å². The molecule has 0 spiro atoms. The molecule has 5 aliphatic rings. The van der Waals surface area contributed by atoms with Crippen molar-refractivity contribution in [3.8, 4) is 6.07 Å². The van der Waals surface area contributed by atoms with Gasteiger partial charge in [-0.15, -0.1) is 0 Å². The van der Waals surface area contributed by atoms with E-state index in [0.29, 0.717) is 23.7 Å². The third-order valence-electron chi connectivity index (χ3n) is 12.2. The molecule has 0 aromatic heterocycles. The molecule has 0 aliphatic heterocycles. The Morgan fingerprint density at radius 1 is 0.400 bits per heavy atom. The smallest absolute Gasteiger partial charge is 0.180 e. The van der Waals surface area contributed by atoms with Gasteiger partial charge >= 0.3 is 0 Å². The van der Waals surface area contributed by atoms with Crippen LogP contribution in [0.5, 0.6) is 0 Å². The predicted molar refractivity (Wildman–Crippen MR) is 241 cm³/mol. The Morgan fingerprint density at radius 2 is 0.545 bits per heavy atom. The van der Waals surface area contributed by atoms with Crippen molar-refractivity contribution in [1.82, 2.24) is 0 Å². The average Bonchev–Trinajstić information content (AvgIpc) is 3.54. The number of benzene rings is 4. The second kappa shape index (κ2) is 17.1. The molecule has 0 heterocycles. The minimum absolute atomic E-state index is 0.387. The summed E-state index contributed by atoms with van der Waals surface area (Å²) in [5, 5.41) is 7.32. The van der Waals surface area contributed by atoms with Crippen molar-refractivity contribution >= 4 is 83.4 Å². The summed E-state index contributed by atoms with van der Waals surface area (Å²) in [6, 6.07) is 22.5. The fraction of sp³-hybridized carbons (Fsp3) is 0.353. The van der Waals surface area contributed by atoms with Crippen LogP contribution in [0.4, 0.5) is 0 Å². The van der Waals surface area contributed by atoms with Crippen LogP contribution in [-0.4, -0.2) is 4.30 Å². The number of halogens is 3. The monoisotopic (exact) mass is 783 g/mol. The van der Waals surface area contributed by atoms with Crippen LogP contribution in [-0.2, 0) is 0 Å². The van der Waals surface area contributed by atoms with Gasteiger partial charge in [0.25, 0.3) is 0 Å². The molecule has 4 aromatic rings. The van der Waals surface area contributed by atoms with E-state index in [2.05, 4.69) is 125 Å². The Morgan fingerprint density at radius 3 is 0.673 bits per heavy atom. The van der Waals surface area contributed by atoms with Gasteiger partial charge in [-0.25, -0.2) is 0 Å². The molecule has 9 rings (SSSR count). The second-order valence-electron chi connectivity index (χ2n) is 15.6. The first-order valence-electron chi connectivity index (χ1n) is 20.4. The quantitative estimate of drug-likeness (QED) is 0.144. The maximum absolute atomic E-state index is 7.32. The Hall–Kier alpha value is -3.80. The zero-order valence-corrected chi connectivity index (χ0v) is 35.1. The standard InChI is InChI=1S/C48H48.C2H3N.CHCl3/c1-5-9-37-41-25-43-31-15-17-33-23-35-19-20-36-24-34-18-16-32-22-30(14-13-29(41)21-31)42(37)26-44(32)39(11-7-3)46(34)28-48(36)40(12-8-4)47(35)27-45(33)38(43)10-6-2;1-2-3;2-1(3)4/h13-28,37-40H,5-12H2,1-4H3;1H3;1H. The Bertz CT molecular complexity index is 1840. The van der Waals surface area contributed by atoms with Crippen LogP contribution in [0.3, 0.4) is 0 Å². The Balaban J connectivity index is 0.000000617. The molecule has 0 N–H and O–H groups in total. The molecule has 4 aromatic carbocycles. The van der Waals surface area contributed by atoms with Crippen LogP contribution in [0.2, 0.25) is 0 Å². The molecule has 8 bridgehead atoms. The lowest BCUT2D eigenvalue weighted by atomic mass is 9.74. The summed E-state index contributed by atoms with van der Waals surface area (Å²) in [6.45, 7) is 10.9. The van der Waals surface area contributed by atoms with E-state index < -0.39 is 4.30 Å². The fourth-order valence-electron chi connectivity index (χ4n) is 10.0. The normalized spacial score (nSPS) is 19.3. The molecule has 0 radical (unpaired) electrons. The van der Waals surface area contributed by atoms with Crippen molar-refractivity contribution in [3.63, 3.8) is 0 Å². The Kier molecular flexibility index (Phi) is 12.3. The zero-order chi connectivity index (χ0) is 38.8. The van der Waals surface area contributed by atoms with Crippen molar-refractivity contribution in [1.29, 1.82) is 5.26 Å². The molecule has 282 valence electrons. The minimum Gasteiger partial charge on any atom is -0.199 e. The van der Waals surface area contributed by atoms with Gasteiger partial charge in [0.05, 0.1) is 6.07 Å². The highest BCUT2D eigenvalue weighted by molar-refractivity contribution is 6.63. The first kappa shape index (κ1) is 39.4. The first-order valence-corrected chi connectivity index (χ1v) is 21.7. The van der Waals surface area contributed by atoms with Crippen LogP contribution >= 0.6 is 34.8 Å². The van der Waals surface area contributed by atoms with Crippen molar-refractivity contribution in [3.05, 3.63) is 138 Å². The number of rotatable bonds is 8. The molecule has 0 saturated carbocycles. The number of hydrogen-bond acceptors (Lipinski definition) is 1. The largest absolute Gasteiger partial charge is 0.199 e. The molecular weight excluding hydrogens is 733 g/mol. The lowest BCUT2D eigenvalue weighted by Crippen LogP contribution is -2.13. The summed E-state index contributed by atoms with van der Waals surface area (Å²) in [4.78, 5) is 0. The topological polar surface area (TPSA) is 23.8 Å². The Labute approximate surface area is 344 Å². The average molecular weight is 785 g/mol.